The average Bonchev–Trinajstić information content (AvgIpc) is 2.22. The summed E-state index contributed by atoms with van der Waals surface area (Å²) in [5.74, 6) is 0.310. The fourth-order valence-corrected chi connectivity index (χ4v) is 1.16. The standard InChI is InChI=1S/C10H13NO.C2H6/c1-4-11-10-7(2)5-6-9(12)8(10)3;1-2/h4-6,11-12H,1H2,2-3H3;1-2H3. The summed E-state index contributed by atoms with van der Waals surface area (Å²) >= 11 is 0. The van der Waals surface area contributed by atoms with Crippen molar-refractivity contribution in [1.29, 1.82) is 0 Å². The predicted octanol–water partition coefficient (Wildman–Crippen LogP) is 3.59. The topological polar surface area (TPSA) is 32.3 Å². The number of anilines is 1. The van der Waals surface area contributed by atoms with Crippen LogP contribution < -0.4 is 5.32 Å². The highest BCUT2D eigenvalue weighted by molar-refractivity contribution is 5.62. The van der Waals surface area contributed by atoms with Crippen LogP contribution in [0.4, 0.5) is 5.69 Å². The molecule has 2 N–H and O–H groups in total. The number of phenols is 1. The summed E-state index contributed by atoms with van der Waals surface area (Å²) in [5.41, 5.74) is 2.89. The van der Waals surface area contributed by atoms with Crippen LogP contribution in [0.1, 0.15) is 25.0 Å². The van der Waals surface area contributed by atoms with E-state index in [-0.39, 0.29) is 0 Å². The van der Waals surface area contributed by atoms with Crippen LogP contribution in [-0.2, 0) is 0 Å². The van der Waals surface area contributed by atoms with Gasteiger partial charge in [-0.2, -0.15) is 0 Å². The Bertz CT molecular complexity index is 305. The Balaban J connectivity index is 0.000000791. The number of hydrogen-bond acceptors (Lipinski definition) is 2. The lowest BCUT2D eigenvalue weighted by Gasteiger charge is -2.10. The fourth-order valence-electron chi connectivity index (χ4n) is 1.16. The minimum absolute atomic E-state index is 0.310. The first-order valence-corrected chi connectivity index (χ1v) is 4.83. The van der Waals surface area contributed by atoms with E-state index in [1.54, 1.807) is 12.3 Å². The molecule has 2 nitrogen and oxygen atoms in total. The molecule has 78 valence electrons. The Morgan fingerprint density at radius 3 is 2.36 bits per heavy atom. The number of hydrogen-bond donors (Lipinski definition) is 2. The van der Waals surface area contributed by atoms with Crippen LogP contribution in [0, 0.1) is 13.8 Å². The first-order valence-electron chi connectivity index (χ1n) is 4.83. The summed E-state index contributed by atoms with van der Waals surface area (Å²) in [4.78, 5) is 0. The summed E-state index contributed by atoms with van der Waals surface area (Å²) in [6.07, 6.45) is 1.61. The molecular weight excluding hydrogens is 174 g/mol. The number of nitrogens with one attached hydrogen (secondary N) is 1. The average molecular weight is 193 g/mol. The molecule has 1 rings (SSSR count). The molecule has 0 heterocycles. The Hall–Kier alpha value is -1.44. The van der Waals surface area contributed by atoms with E-state index in [0.29, 0.717) is 5.75 Å². The molecule has 1 aromatic carbocycles. The van der Waals surface area contributed by atoms with Crippen LogP contribution >= 0.6 is 0 Å². The van der Waals surface area contributed by atoms with E-state index in [1.165, 1.54) is 0 Å². The third-order valence-corrected chi connectivity index (χ3v) is 1.89. The summed E-state index contributed by atoms with van der Waals surface area (Å²) < 4.78 is 0. The van der Waals surface area contributed by atoms with E-state index < -0.39 is 0 Å². The Kier molecular flexibility index (Phi) is 5.46. The highest BCUT2D eigenvalue weighted by Crippen LogP contribution is 2.27. The van der Waals surface area contributed by atoms with Crippen molar-refractivity contribution in [2.45, 2.75) is 27.7 Å². The number of phenolic OH excluding ortho intramolecular Hbond substituents is 1. The molecule has 0 aliphatic rings. The van der Waals surface area contributed by atoms with Crippen LogP contribution in [0.25, 0.3) is 0 Å². The Morgan fingerprint density at radius 2 is 1.86 bits per heavy atom. The van der Waals surface area contributed by atoms with Crippen molar-refractivity contribution >= 4 is 5.69 Å². The summed E-state index contributed by atoms with van der Waals surface area (Å²) in [7, 11) is 0. The van der Waals surface area contributed by atoms with Gasteiger partial charge in [0.25, 0.3) is 0 Å². The molecule has 0 unspecified atom stereocenters. The molecule has 0 saturated carbocycles. The normalized spacial score (nSPS) is 8.57. The van der Waals surface area contributed by atoms with Gasteiger partial charge in [-0.1, -0.05) is 26.5 Å². The second-order valence-corrected chi connectivity index (χ2v) is 2.75. The quantitative estimate of drug-likeness (QED) is 0.752. The first kappa shape index (κ1) is 12.6. The Labute approximate surface area is 86.3 Å². The zero-order chi connectivity index (χ0) is 11.1. The van der Waals surface area contributed by atoms with Crippen LogP contribution in [0.15, 0.2) is 24.9 Å². The SMILES string of the molecule is C=CNc1c(C)ccc(O)c1C.CC. The van der Waals surface area contributed by atoms with Gasteiger partial charge in [-0.15, -0.1) is 0 Å². The molecular formula is C12H19NO. The molecule has 0 saturated heterocycles. The van der Waals surface area contributed by atoms with E-state index in [2.05, 4.69) is 11.9 Å². The van der Waals surface area contributed by atoms with Gasteiger partial charge in [-0.25, -0.2) is 0 Å². The highest BCUT2D eigenvalue weighted by Gasteiger charge is 2.03. The van der Waals surface area contributed by atoms with Gasteiger partial charge >= 0.3 is 0 Å². The lowest BCUT2D eigenvalue weighted by molar-refractivity contribution is 0.471. The van der Waals surface area contributed by atoms with E-state index in [9.17, 15) is 5.11 Å². The summed E-state index contributed by atoms with van der Waals surface area (Å²) in [5, 5.41) is 12.4. The largest absolute Gasteiger partial charge is 0.508 e. The molecule has 0 aliphatic heterocycles. The molecule has 2 heteroatoms. The van der Waals surface area contributed by atoms with Crippen LogP contribution in [0.3, 0.4) is 0 Å². The van der Waals surface area contributed by atoms with Gasteiger partial charge in [0.2, 0.25) is 0 Å². The third-order valence-electron chi connectivity index (χ3n) is 1.89. The van der Waals surface area contributed by atoms with Crippen molar-refractivity contribution in [2.75, 3.05) is 5.32 Å². The van der Waals surface area contributed by atoms with Gasteiger partial charge < -0.3 is 10.4 Å². The molecule has 0 amide bonds. The number of rotatable bonds is 2. The second kappa shape index (κ2) is 6.08. The number of aromatic hydroxyl groups is 1. The molecule has 0 radical (unpaired) electrons. The van der Waals surface area contributed by atoms with Crippen molar-refractivity contribution in [3.63, 3.8) is 0 Å². The second-order valence-electron chi connectivity index (χ2n) is 2.75. The van der Waals surface area contributed by atoms with Crippen LogP contribution in [0.2, 0.25) is 0 Å². The molecule has 14 heavy (non-hydrogen) atoms. The highest BCUT2D eigenvalue weighted by atomic mass is 16.3. The van der Waals surface area contributed by atoms with E-state index in [4.69, 9.17) is 0 Å². The molecule has 0 bridgehead atoms. The Morgan fingerprint density at radius 1 is 1.29 bits per heavy atom. The number of benzene rings is 1. The number of aryl methyl sites for hydroxylation is 1. The summed E-state index contributed by atoms with van der Waals surface area (Å²) in [6, 6.07) is 3.56. The monoisotopic (exact) mass is 193 g/mol. The smallest absolute Gasteiger partial charge is 0.120 e. The van der Waals surface area contributed by atoms with Crippen molar-refractivity contribution in [2.24, 2.45) is 0 Å². The van der Waals surface area contributed by atoms with Gasteiger partial charge in [0.05, 0.1) is 0 Å². The van der Waals surface area contributed by atoms with Gasteiger partial charge in [0.1, 0.15) is 5.75 Å². The van der Waals surface area contributed by atoms with Gasteiger partial charge in [0.15, 0.2) is 0 Å². The molecule has 0 atom stereocenters. The molecule has 0 fully saturated rings. The zero-order valence-electron chi connectivity index (χ0n) is 9.39. The zero-order valence-corrected chi connectivity index (χ0v) is 9.39. The maximum Gasteiger partial charge on any atom is 0.120 e. The van der Waals surface area contributed by atoms with E-state index >= 15 is 0 Å². The van der Waals surface area contributed by atoms with Gasteiger partial charge in [0, 0.05) is 11.3 Å². The van der Waals surface area contributed by atoms with Crippen molar-refractivity contribution in [3.05, 3.63) is 36.0 Å². The van der Waals surface area contributed by atoms with Gasteiger partial charge in [-0.3, -0.25) is 0 Å². The van der Waals surface area contributed by atoms with E-state index in [1.807, 2.05) is 33.8 Å². The van der Waals surface area contributed by atoms with E-state index in [0.717, 1.165) is 16.8 Å². The molecule has 1 aromatic rings. The van der Waals surface area contributed by atoms with Crippen LogP contribution in [0.5, 0.6) is 5.75 Å². The van der Waals surface area contributed by atoms with Crippen molar-refractivity contribution < 1.29 is 5.11 Å². The summed E-state index contributed by atoms with van der Waals surface area (Å²) in [6.45, 7) is 11.4. The fraction of sp³-hybridized carbons (Fsp3) is 0.333. The predicted molar refractivity (Wildman–Crippen MR) is 62.7 cm³/mol. The lowest BCUT2D eigenvalue weighted by atomic mass is 10.1. The first-order chi connectivity index (χ1) is 6.66. The third kappa shape index (κ3) is 2.80. The maximum atomic E-state index is 9.38. The van der Waals surface area contributed by atoms with Crippen molar-refractivity contribution in [3.8, 4) is 5.75 Å². The lowest BCUT2D eigenvalue weighted by Crippen LogP contribution is -1.93. The minimum atomic E-state index is 0.310. The van der Waals surface area contributed by atoms with Gasteiger partial charge in [-0.05, 0) is 31.7 Å². The molecule has 0 aliphatic carbocycles. The molecule has 0 aromatic heterocycles. The minimum Gasteiger partial charge on any atom is -0.508 e. The maximum absolute atomic E-state index is 9.38. The van der Waals surface area contributed by atoms with Crippen molar-refractivity contribution in [1.82, 2.24) is 0 Å². The molecule has 0 spiro atoms. The van der Waals surface area contributed by atoms with Crippen LogP contribution in [-0.4, -0.2) is 5.11 Å².